The van der Waals surface area contributed by atoms with Crippen molar-refractivity contribution in [3.63, 3.8) is 0 Å². The van der Waals surface area contributed by atoms with E-state index in [1.165, 1.54) is 4.90 Å². The Kier molecular flexibility index (Phi) is 4.12. The highest BCUT2D eigenvalue weighted by Gasteiger charge is 2.43. The number of carbonyl (C=O) groups excluding carboxylic acids is 1. The first-order valence-electron chi connectivity index (χ1n) is 6.72. The topological polar surface area (TPSA) is 53.3 Å². The Labute approximate surface area is 121 Å². The Bertz CT molecular complexity index is 589. The van der Waals surface area contributed by atoms with Gasteiger partial charge in [-0.2, -0.15) is 5.26 Å². The van der Waals surface area contributed by atoms with Crippen LogP contribution in [0.5, 0.6) is 0 Å². The van der Waals surface area contributed by atoms with Crippen molar-refractivity contribution < 1.29 is 18.3 Å². The SMILES string of the molecule is CCOC(=O)C1(C)CCN(c2c(F)cc(C#N)cc2F)C1. The van der Waals surface area contributed by atoms with E-state index in [1.54, 1.807) is 19.9 Å². The fourth-order valence-electron chi connectivity index (χ4n) is 2.56. The van der Waals surface area contributed by atoms with E-state index in [4.69, 9.17) is 10.00 Å². The van der Waals surface area contributed by atoms with E-state index >= 15 is 0 Å². The fourth-order valence-corrected chi connectivity index (χ4v) is 2.56. The minimum atomic E-state index is -0.792. The summed E-state index contributed by atoms with van der Waals surface area (Å²) < 4.78 is 33.0. The Hall–Kier alpha value is -2.16. The predicted molar refractivity (Wildman–Crippen MR) is 72.6 cm³/mol. The number of hydrogen-bond donors (Lipinski definition) is 0. The van der Waals surface area contributed by atoms with Crippen molar-refractivity contribution >= 4 is 11.7 Å². The van der Waals surface area contributed by atoms with Crippen LogP contribution in [0.25, 0.3) is 0 Å². The van der Waals surface area contributed by atoms with E-state index in [9.17, 15) is 13.6 Å². The molecule has 0 saturated carbocycles. The molecule has 0 aromatic heterocycles. The van der Waals surface area contributed by atoms with Crippen LogP contribution >= 0.6 is 0 Å². The largest absolute Gasteiger partial charge is 0.466 e. The van der Waals surface area contributed by atoms with Crippen molar-refractivity contribution in [3.8, 4) is 6.07 Å². The highest BCUT2D eigenvalue weighted by Crippen LogP contribution is 2.36. The number of ether oxygens (including phenoxy) is 1. The lowest BCUT2D eigenvalue weighted by Crippen LogP contribution is -2.34. The van der Waals surface area contributed by atoms with Gasteiger partial charge in [0.05, 0.1) is 23.7 Å². The van der Waals surface area contributed by atoms with Gasteiger partial charge in [-0.25, -0.2) is 8.78 Å². The molecule has 0 N–H and O–H groups in total. The molecule has 1 aromatic carbocycles. The molecule has 0 amide bonds. The molecule has 1 heterocycles. The summed E-state index contributed by atoms with van der Waals surface area (Å²) in [6.45, 7) is 4.26. The zero-order valence-electron chi connectivity index (χ0n) is 11.9. The van der Waals surface area contributed by atoms with Gasteiger partial charge in [-0.1, -0.05) is 0 Å². The molecule has 21 heavy (non-hydrogen) atoms. The highest BCUT2D eigenvalue weighted by molar-refractivity contribution is 5.78. The van der Waals surface area contributed by atoms with Crippen LogP contribution in [0.1, 0.15) is 25.8 Å². The summed E-state index contributed by atoms with van der Waals surface area (Å²) in [6, 6.07) is 3.70. The van der Waals surface area contributed by atoms with Crippen LogP contribution in [0.3, 0.4) is 0 Å². The smallest absolute Gasteiger partial charge is 0.313 e. The molecule has 0 bridgehead atoms. The maximum absolute atomic E-state index is 14.0. The number of carbonyl (C=O) groups is 1. The van der Waals surface area contributed by atoms with Gasteiger partial charge < -0.3 is 9.64 Å². The van der Waals surface area contributed by atoms with Gasteiger partial charge in [0.25, 0.3) is 0 Å². The quantitative estimate of drug-likeness (QED) is 0.804. The predicted octanol–water partition coefficient (Wildman–Crippen LogP) is 2.62. The Morgan fingerprint density at radius 2 is 2.10 bits per heavy atom. The van der Waals surface area contributed by atoms with Crippen LogP contribution in [-0.4, -0.2) is 25.7 Å². The van der Waals surface area contributed by atoms with E-state index < -0.39 is 17.0 Å². The molecule has 2 rings (SSSR count). The third kappa shape index (κ3) is 2.82. The molecule has 1 aliphatic heterocycles. The first-order valence-corrected chi connectivity index (χ1v) is 6.72. The average molecular weight is 294 g/mol. The molecule has 1 atom stereocenters. The molecule has 0 radical (unpaired) electrons. The number of hydrogen-bond acceptors (Lipinski definition) is 4. The summed E-state index contributed by atoms with van der Waals surface area (Å²) in [4.78, 5) is 13.4. The second-order valence-corrected chi connectivity index (χ2v) is 5.35. The van der Waals surface area contributed by atoms with E-state index in [0.717, 1.165) is 12.1 Å². The molecule has 4 nitrogen and oxygen atoms in total. The van der Waals surface area contributed by atoms with Crippen molar-refractivity contribution in [1.29, 1.82) is 5.26 Å². The van der Waals surface area contributed by atoms with Gasteiger partial charge >= 0.3 is 5.97 Å². The number of nitrogens with zero attached hydrogens (tertiary/aromatic N) is 2. The second kappa shape index (κ2) is 5.68. The number of rotatable bonds is 3. The molecular weight excluding hydrogens is 278 g/mol. The van der Waals surface area contributed by atoms with E-state index in [1.807, 2.05) is 0 Å². The Morgan fingerprint density at radius 1 is 1.48 bits per heavy atom. The van der Waals surface area contributed by atoms with E-state index in [-0.39, 0.29) is 30.4 Å². The van der Waals surface area contributed by atoms with E-state index in [2.05, 4.69) is 0 Å². The van der Waals surface area contributed by atoms with Gasteiger partial charge in [-0.3, -0.25) is 4.79 Å². The number of anilines is 1. The molecule has 1 aliphatic rings. The summed E-state index contributed by atoms with van der Waals surface area (Å²) in [5, 5.41) is 8.70. The molecule has 1 fully saturated rings. The normalized spacial score (nSPS) is 21.2. The highest BCUT2D eigenvalue weighted by atomic mass is 19.1. The Balaban J connectivity index is 2.27. The standard InChI is InChI=1S/C15H16F2N2O2/c1-3-21-14(20)15(2)4-5-19(9-15)13-11(16)6-10(8-18)7-12(13)17/h6-7H,3-5,9H2,1-2H3. The maximum atomic E-state index is 14.0. The van der Waals surface area contributed by atoms with Gasteiger partial charge in [0.1, 0.15) is 5.69 Å². The number of benzene rings is 1. The number of esters is 1. The van der Waals surface area contributed by atoms with E-state index in [0.29, 0.717) is 13.0 Å². The van der Waals surface area contributed by atoms with Gasteiger partial charge in [0.2, 0.25) is 0 Å². The van der Waals surface area contributed by atoms with Crippen molar-refractivity contribution in [2.24, 2.45) is 5.41 Å². The third-order valence-corrected chi connectivity index (χ3v) is 3.70. The zero-order chi connectivity index (χ0) is 15.6. The molecule has 0 spiro atoms. The third-order valence-electron chi connectivity index (χ3n) is 3.70. The van der Waals surface area contributed by atoms with Crippen molar-refractivity contribution in [2.75, 3.05) is 24.6 Å². The minimum Gasteiger partial charge on any atom is -0.466 e. The van der Waals surface area contributed by atoms with Crippen LogP contribution < -0.4 is 4.90 Å². The average Bonchev–Trinajstić information content (AvgIpc) is 2.82. The fraction of sp³-hybridized carbons (Fsp3) is 0.467. The molecule has 1 aromatic rings. The molecular formula is C15H16F2N2O2. The number of nitriles is 1. The second-order valence-electron chi connectivity index (χ2n) is 5.35. The van der Waals surface area contributed by atoms with Crippen molar-refractivity contribution in [1.82, 2.24) is 0 Å². The lowest BCUT2D eigenvalue weighted by molar-refractivity contribution is -0.153. The van der Waals surface area contributed by atoms with Gasteiger partial charge in [-0.15, -0.1) is 0 Å². The lowest BCUT2D eigenvalue weighted by Gasteiger charge is -2.24. The molecule has 1 unspecified atom stereocenters. The molecule has 1 saturated heterocycles. The van der Waals surface area contributed by atoms with Crippen LogP contribution in [0, 0.1) is 28.4 Å². The maximum Gasteiger partial charge on any atom is 0.313 e. The summed E-state index contributed by atoms with van der Waals surface area (Å²) in [7, 11) is 0. The zero-order valence-corrected chi connectivity index (χ0v) is 11.9. The summed E-state index contributed by atoms with van der Waals surface area (Å²) in [5.74, 6) is -1.94. The lowest BCUT2D eigenvalue weighted by atomic mass is 9.90. The molecule has 0 aliphatic carbocycles. The summed E-state index contributed by atoms with van der Waals surface area (Å²) >= 11 is 0. The Morgan fingerprint density at radius 3 is 2.62 bits per heavy atom. The number of halogens is 2. The van der Waals surface area contributed by atoms with Crippen LogP contribution in [-0.2, 0) is 9.53 Å². The molecule has 112 valence electrons. The monoisotopic (exact) mass is 294 g/mol. The van der Waals surface area contributed by atoms with Gasteiger partial charge in [0, 0.05) is 13.1 Å². The van der Waals surface area contributed by atoms with Gasteiger partial charge in [0.15, 0.2) is 11.6 Å². The first kappa shape index (κ1) is 15.2. The van der Waals surface area contributed by atoms with Crippen LogP contribution in [0.2, 0.25) is 0 Å². The first-order chi connectivity index (χ1) is 9.91. The molecule has 6 heteroatoms. The van der Waals surface area contributed by atoms with Gasteiger partial charge in [-0.05, 0) is 32.4 Å². The minimum absolute atomic E-state index is 0.0684. The van der Waals surface area contributed by atoms with Crippen LogP contribution in [0.4, 0.5) is 14.5 Å². The van der Waals surface area contributed by atoms with Crippen molar-refractivity contribution in [3.05, 3.63) is 29.3 Å². The summed E-state index contributed by atoms with van der Waals surface area (Å²) in [6.07, 6.45) is 0.463. The van der Waals surface area contributed by atoms with Crippen molar-refractivity contribution in [2.45, 2.75) is 20.3 Å². The summed E-state index contributed by atoms with van der Waals surface area (Å²) in [5.41, 5.74) is -1.04. The van der Waals surface area contributed by atoms with Crippen LogP contribution in [0.15, 0.2) is 12.1 Å².